The standard InChI is InChI=1S/C17H18F4N2OS.C16H14ClF3N4OS.C2H6/c1-4-23(25-14-10-22(3)15(24)9-11(14)2)16(17(19,20)21)12-5-7-13(18)8-6-12;1-22-13(25)8-7-12-21-9-14(24(12)22)26-23(2)15(16(18,19)20)10-3-5-11(17)6-4-10;1-2/h5-10,16H,4H2,1-3H3;3-9,15H,1-2H3;1-2H3/t;15-;/m.1./s1. The highest BCUT2D eigenvalue weighted by atomic mass is 35.5. The number of imidazole rings is 1. The number of aryl methyl sites for hydroxylation is 3. The molecule has 1 unspecified atom stereocenters. The van der Waals surface area contributed by atoms with Gasteiger partial charge in [-0.25, -0.2) is 27.2 Å². The first-order valence-electron chi connectivity index (χ1n) is 16.0. The predicted octanol–water partition coefficient (Wildman–Crippen LogP) is 9.42. The quantitative estimate of drug-likeness (QED) is 0.109. The zero-order chi connectivity index (χ0) is 39.8. The van der Waals surface area contributed by atoms with Gasteiger partial charge in [-0.3, -0.25) is 9.59 Å². The van der Waals surface area contributed by atoms with Crippen LogP contribution in [0, 0.1) is 12.7 Å². The van der Waals surface area contributed by atoms with Crippen LogP contribution >= 0.6 is 35.5 Å². The largest absolute Gasteiger partial charge is 0.408 e. The van der Waals surface area contributed by atoms with E-state index < -0.39 is 30.3 Å². The van der Waals surface area contributed by atoms with Crippen LogP contribution in [-0.2, 0) is 14.1 Å². The van der Waals surface area contributed by atoms with Crippen molar-refractivity contribution in [1.82, 2.24) is 27.4 Å². The molecule has 2 atom stereocenters. The van der Waals surface area contributed by atoms with Crippen LogP contribution < -0.4 is 11.1 Å². The van der Waals surface area contributed by atoms with E-state index in [0.29, 0.717) is 26.2 Å². The highest BCUT2D eigenvalue weighted by Crippen LogP contribution is 2.44. The molecular weight excluding hydrogens is 769 g/mol. The summed E-state index contributed by atoms with van der Waals surface area (Å²) in [6.07, 6.45) is -6.08. The van der Waals surface area contributed by atoms with Gasteiger partial charge < -0.3 is 4.57 Å². The van der Waals surface area contributed by atoms with Crippen LogP contribution in [0.2, 0.25) is 5.02 Å². The van der Waals surface area contributed by atoms with Gasteiger partial charge in [-0.15, -0.1) is 0 Å². The third kappa shape index (κ3) is 11.1. The zero-order valence-electron chi connectivity index (χ0n) is 29.7. The maximum atomic E-state index is 13.7. The Hall–Kier alpha value is -3.77. The molecule has 0 fully saturated rings. The zero-order valence-corrected chi connectivity index (χ0v) is 32.1. The van der Waals surface area contributed by atoms with Gasteiger partial charge in [-0.1, -0.05) is 56.6 Å². The van der Waals surface area contributed by atoms with Crippen molar-refractivity contribution in [2.75, 3.05) is 13.6 Å². The molecule has 0 spiro atoms. The molecule has 0 aliphatic carbocycles. The minimum Gasteiger partial charge on any atom is -0.317 e. The molecule has 2 aromatic carbocycles. The average molecular weight is 807 g/mol. The van der Waals surface area contributed by atoms with E-state index >= 15 is 0 Å². The second-order valence-electron chi connectivity index (χ2n) is 11.2. The van der Waals surface area contributed by atoms with Gasteiger partial charge >= 0.3 is 12.4 Å². The number of alkyl halides is 6. The van der Waals surface area contributed by atoms with Crippen LogP contribution in [-0.4, -0.2) is 53.3 Å². The second kappa shape index (κ2) is 18.5. The summed E-state index contributed by atoms with van der Waals surface area (Å²) in [6, 6.07) is 10.4. The molecule has 53 heavy (non-hydrogen) atoms. The van der Waals surface area contributed by atoms with Crippen molar-refractivity contribution in [3.05, 3.63) is 127 Å². The number of aromatic nitrogens is 4. The van der Waals surface area contributed by atoms with Crippen molar-refractivity contribution >= 4 is 41.1 Å². The van der Waals surface area contributed by atoms with Crippen LogP contribution in [0.3, 0.4) is 0 Å². The molecule has 0 saturated carbocycles. The summed E-state index contributed by atoms with van der Waals surface area (Å²) in [4.78, 5) is 28.1. The molecule has 0 saturated heterocycles. The number of nitrogens with zero attached hydrogens (tertiary/aromatic N) is 6. The Balaban J connectivity index is 0.000000273. The molecule has 0 aliphatic heterocycles. The number of halogens is 8. The van der Waals surface area contributed by atoms with Crippen molar-refractivity contribution in [2.24, 2.45) is 14.1 Å². The SMILES string of the molecule is CC.CCN(Sc1cn(C)c(=O)cc1C)C(c1ccc(F)cc1)C(F)(F)F.CN(Sc1cnc2ccc(=O)n(C)n12)[C@H](c1ccc(Cl)cc1)C(F)(F)F. The van der Waals surface area contributed by atoms with Gasteiger partial charge in [0.1, 0.15) is 22.9 Å². The molecule has 288 valence electrons. The topological polar surface area (TPSA) is 67.8 Å². The minimum absolute atomic E-state index is 0.0364. The molecule has 0 bridgehead atoms. The summed E-state index contributed by atoms with van der Waals surface area (Å²) >= 11 is 7.57. The van der Waals surface area contributed by atoms with Gasteiger partial charge in [0.2, 0.25) is 0 Å². The summed E-state index contributed by atoms with van der Waals surface area (Å²) in [5, 5.41) is 0.757. The highest BCUT2D eigenvalue weighted by molar-refractivity contribution is 7.97. The van der Waals surface area contributed by atoms with Crippen molar-refractivity contribution < 1.29 is 30.7 Å². The predicted molar refractivity (Wildman–Crippen MR) is 196 cm³/mol. The first-order chi connectivity index (χ1) is 24.8. The van der Waals surface area contributed by atoms with E-state index in [0.717, 1.165) is 52.5 Å². The van der Waals surface area contributed by atoms with Crippen molar-refractivity contribution in [2.45, 2.75) is 62.1 Å². The van der Waals surface area contributed by atoms with Crippen LogP contribution in [0.15, 0.2) is 98.6 Å². The van der Waals surface area contributed by atoms with Gasteiger partial charge in [0.05, 0.1) is 6.20 Å². The fraction of sp³-hybridized carbons (Fsp3) is 0.343. The molecule has 5 rings (SSSR count). The van der Waals surface area contributed by atoms with Crippen LogP contribution in [0.4, 0.5) is 30.7 Å². The number of fused-ring (bicyclic) bond motifs is 1. The Morgan fingerprint density at radius 1 is 0.830 bits per heavy atom. The minimum atomic E-state index is -4.53. The van der Waals surface area contributed by atoms with Gasteiger partial charge in [0, 0.05) is 48.9 Å². The first kappa shape index (κ1) is 43.6. The summed E-state index contributed by atoms with van der Waals surface area (Å²) in [7, 11) is 4.42. The van der Waals surface area contributed by atoms with E-state index in [9.17, 15) is 40.3 Å². The second-order valence-corrected chi connectivity index (χ2v) is 13.9. The average Bonchev–Trinajstić information content (AvgIpc) is 3.49. The summed E-state index contributed by atoms with van der Waals surface area (Å²) in [5.41, 5.74) is 0.593. The monoisotopic (exact) mass is 806 g/mol. The molecule has 8 nitrogen and oxygen atoms in total. The number of pyridine rings is 1. The molecular formula is C35H38ClF7N6O2S2. The molecule has 18 heteroatoms. The Kier molecular flexibility index (Phi) is 15.2. The van der Waals surface area contributed by atoms with E-state index in [4.69, 9.17) is 11.6 Å². The fourth-order valence-corrected chi connectivity index (χ4v) is 7.31. The van der Waals surface area contributed by atoms with Gasteiger partial charge in [0.15, 0.2) is 5.65 Å². The highest BCUT2D eigenvalue weighted by Gasteiger charge is 2.45. The molecule has 0 aliphatic rings. The van der Waals surface area contributed by atoms with Crippen LogP contribution in [0.25, 0.3) is 5.65 Å². The van der Waals surface area contributed by atoms with Gasteiger partial charge in [-0.05, 0) is 84.9 Å². The third-order valence-electron chi connectivity index (χ3n) is 7.52. The molecule has 0 amide bonds. The van der Waals surface area contributed by atoms with E-state index in [-0.39, 0.29) is 28.8 Å². The summed E-state index contributed by atoms with van der Waals surface area (Å²) in [5.74, 6) is -0.589. The Morgan fingerprint density at radius 2 is 1.38 bits per heavy atom. The summed E-state index contributed by atoms with van der Waals surface area (Å²) in [6.45, 7) is 7.40. The lowest BCUT2D eigenvalue weighted by molar-refractivity contribution is -0.172. The fourth-order valence-electron chi connectivity index (χ4n) is 5.01. The number of benzene rings is 2. The smallest absolute Gasteiger partial charge is 0.317 e. The van der Waals surface area contributed by atoms with E-state index in [1.165, 1.54) is 87.0 Å². The van der Waals surface area contributed by atoms with Crippen molar-refractivity contribution in [1.29, 1.82) is 0 Å². The van der Waals surface area contributed by atoms with Crippen molar-refractivity contribution in [3.8, 4) is 0 Å². The maximum absolute atomic E-state index is 13.7. The van der Waals surface area contributed by atoms with Gasteiger partial charge in [-0.2, -0.15) is 26.3 Å². The Morgan fingerprint density at radius 3 is 1.92 bits per heavy atom. The Labute approximate surface area is 315 Å². The van der Waals surface area contributed by atoms with Crippen LogP contribution in [0.1, 0.15) is 49.5 Å². The molecule has 5 aromatic rings. The first-order valence-corrected chi connectivity index (χ1v) is 17.9. The van der Waals surface area contributed by atoms with E-state index in [1.54, 1.807) is 20.9 Å². The van der Waals surface area contributed by atoms with Gasteiger partial charge in [0.25, 0.3) is 11.1 Å². The number of rotatable bonds is 9. The lowest BCUT2D eigenvalue weighted by atomic mass is 10.1. The molecule has 0 N–H and O–H groups in total. The third-order valence-corrected chi connectivity index (χ3v) is 10.1. The maximum Gasteiger partial charge on any atom is 0.408 e. The van der Waals surface area contributed by atoms with E-state index in [1.807, 2.05) is 13.8 Å². The van der Waals surface area contributed by atoms with Crippen LogP contribution in [0.5, 0.6) is 0 Å². The lowest BCUT2D eigenvalue weighted by Crippen LogP contribution is -2.34. The summed E-state index contributed by atoms with van der Waals surface area (Å²) < 4.78 is 102. The normalized spacial score (nSPS) is 13.0. The molecule has 3 heterocycles. The van der Waals surface area contributed by atoms with E-state index in [2.05, 4.69) is 4.98 Å². The number of hydrogen-bond acceptors (Lipinski definition) is 7. The molecule has 0 radical (unpaired) electrons. The van der Waals surface area contributed by atoms with Crippen molar-refractivity contribution in [3.63, 3.8) is 0 Å². The lowest BCUT2D eigenvalue weighted by Gasteiger charge is -2.31. The Bertz CT molecular complexity index is 2070. The molecule has 3 aromatic heterocycles. The number of hydrogen-bond donors (Lipinski definition) is 0.